The first-order chi connectivity index (χ1) is 9.60. The summed E-state index contributed by atoms with van der Waals surface area (Å²) in [4.78, 5) is 8.98. The van der Waals surface area contributed by atoms with Gasteiger partial charge in [0.1, 0.15) is 5.52 Å². The van der Waals surface area contributed by atoms with Crippen LogP contribution in [0.25, 0.3) is 11.2 Å². The van der Waals surface area contributed by atoms with Gasteiger partial charge in [-0.1, -0.05) is 13.3 Å². The van der Waals surface area contributed by atoms with Gasteiger partial charge in [-0.2, -0.15) is 5.10 Å². The van der Waals surface area contributed by atoms with E-state index in [2.05, 4.69) is 27.4 Å². The zero-order chi connectivity index (χ0) is 14.3. The van der Waals surface area contributed by atoms with Gasteiger partial charge in [0, 0.05) is 12.4 Å². The molecule has 0 fully saturated rings. The highest BCUT2D eigenvalue weighted by atomic mass is 32.1. The van der Waals surface area contributed by atoms with Crippen molar-refractivity contribution in [1.82, 2.24) is 24.3 Å². The highest BCUT2D eigenvalue weighted by Crippen LogP contribution is 2.23. The summed E-state index contributed by atoms with van der Waals surface area (Å²) in [5.41, 5.74) is 9.99. The van der Waals surface area contributed by atoms with E-state index in [-0.39, 0.29) is 0 Å². The second kappa shape index (κ2) is 4.90. The van der Waals surface area contributed by atoms with Gasteiger partial charge in [-0.25, -0.2) is 9.97 Å². The molecule has 0 atom stereocenters. The van der Waals surface area contributed by atoms with Gasteiger partial charge >= 0.3 is 0 Å². The summed E-state index contributed by atoms with van der Waals surface area (Å²) in [7, 11) is 1.94. The SMILES string of the molecule is CCCc1nn(C)c2c1nc(N)n2Cc1csc(C)n1. The molecule has 0 aliphatic heterocycles. The molecule has 0 aromatic carbocycles. The molecule has 0 bridgehead atoms. The van der Waals surface area contributed by atoms with Gasteiger partial charge in [-0.15, -0.1) is 11.3 Å². The summed E-state index contributed by atoms with van der Waals surface area (Å²) in [6.45, 7) is 4.78. The van der Waals surface area contributed by atoms with E-state index in [0.717, 1.165) is 40.4 Å². The molecule has 0 aliphatic carbocycles. The molecule has 0 unspecified atom stereocenters. The average molecular weight is 290 g/mol. The Labute approximate surface area is 121 Å². The van der Waals surface area contributed by atoms with E-state index in [4.69, 9.17) is 5.73 Å². The Morgan fingerprint density at radius 2 is 2.15 bits per heavy atom. The molecule has 106 valence electrons. The number of aromatic nitrogens is 5. The molecule has 0 saturated carbocycles. The fourth-order valence-corrected chi connectivity index (χ4v) is 3.07. The summed E-state index contributed by atoms with van der Waals surface area (Å²) in [5.74, 6) is 0.524. The average Bonchev–Trinajstić information content (AvgIpc) is 3.02. The van der Waals surface area contributed by atoms with E-state index in [0.29, 0.717) is 12.5 Å². The first-order valence-electron chi connectivity index (χ1n) is 6.68. The third kappa shape index (κ3) is 2.07. The van der Waals surface area contributed by atoms with Gasteiger partial charge in [0.15, 0.2) is 5.65 Å². The van der Waals surface area contributed by atoms with E-state index < -0.39 is 0 Å². The molecule has 7 heteroatoms. The number of nitrogen functional groups attached to an aromatic ring is 1. The first-order valence-corrected chi connectivity index (χ1v) is 7.56. The first kappa shape index (κ1) is 13.1. The van der Waals surface area contributed by atoms with Crippen LogP contribution in [0.2, 0.25) is 0 Å². The summed E-state index contributed by atoms with van der Waals surface area (Å²) in [6, 6.07) is 0. The molecule has 6 nitrogen and oxygen atoms in total. The minimum atomic E-state index is 0.524. The number of thiazole rings is 1. The van der Waals surface area contributed by atoms with Crippen molar-refractivity contribution >= 4 is 28.4 Å². The van der Waals surface area contributed by atoms with Crippen molar-refractivity contribution in [2.75, 3.05) is 5.73 Å². The number of rotatable bonds is 4. The zero-order valence-corrected chi connectivity index (χ0v) is 12.7. The second-order valence-corrected chi connectivity index (χ2v) is 5.97. The fourth-order valence-electron chi connectivity index (χ4n) is 2.46. The molecule has 0 spiro atoms. The number of hydrogen-bond donors (Lipinski definition) is 1. The second-order valence-electron chi connectivity index (χ2n) is 4.91. The molecule has 3 rings (SSSR count). The molecule has 0 saturated heterocycles. The summed E-state index contributed by atoms with van der Waals surface area (Å²) < 4.78 is 3.85. The Balaban J connectivity index is 2.08. The number of hydrogen-bond acceptors (Lipinski definition) is 5. The Morgan fingerprint density at radius 3 is 2.80 bits per heavy atom. The van der Waals surface area contributed by atoms with E-state index >= 15 is 0 Å². The van der Waals surface area contributed by atoms with E-state index in [1.165, 1.54) is 0 Å². The van der Waals surface area contributed by atoms with Crippen LogP contribution < -0.4 is 5.73 Å². The Morgan fingerprint density at radius 1 is 1.35 bits per heavy atom. The molecule has 20 heavy (non-hydrogen) atoms. The van der Waals surface area contributed by atoms with Crippen LogP contribution in [-0.2, 0) is 20.0 Å². The van der Waals surface area contributed by atoms with Crippen molar-refractivity contribution in [2.45, 2.75) is 33.2 Å². The van der Waals surface area contributed by atoms with Gasteiger partial charge in [-0.05, 0) is 13.3 Å². The minimum Gasteiger partial charge on any atom is -0.369 e. The van der Waals surface area contributed by atoms with Crippen LogP contribution in [0.5, 0.6) is 0 Å². The molecule has 3 heterocycles. The minimum absolute atomic E-state index is 0.524. The molecular formula is C13H18N6S. The molecule has 3 aromatic heterocycles. The van der Waals surface area contributed by atoms with Gasteiger partial charge in [0.05, 0.1) is 22.9 Å². The lowest BCUT2D eigenvalue weighted by molar-refractivity contribution is 0.707. The summed E-state index contributed by atoms with van der Waals surface area (Å²) in [6.07, 6.45) is 1.97. The van der Waals surface area contributed by atoms with Crippen LogP contribution in [-0.4, -0.2) is 24.3 Å². The van der Waals surface area contributed by atoms with Crippen LogP contribution in [0.15, 0.2) is 5.38 Å². The standard InChI is InChI=1S/C13H18N6S/c1-4-5-10-11-12(18(3)17-10)19(13(14)16-11)6-9-7-20-8(2)15-9/h7H,4-6H2,1-3H3,(H2,14,16). The van der Waals surface area contributed by atoms with Gasteiger partial charge in [-0.3, -0.25) is 9.25 Å². The highest BCUT2D eigenvalue weighted by molar-refractivity contribution is 7.09. The summed E-state index contributed by atoms with van der Waals surface area (Å²) >= 11 is 1.65. The van der Waals surface area contributed by atoms with Crippen molar-refractivity contribution in [3.8, 4) is 0 Å². The third-order valence-electron chi connectivity index (χ3n) is 3.29. The van der Waals surface area contributed by atoms with Gasteiger partial charge in [0.25, 0.3) is 0 Å². The zero-order valence-electron chi connectivity index (χ0n) is 11.9. The summed E-state index contributed by atoms with van der Waals surface area (Å²) in [5, 5.41) is 7.67. The van der Waals surface area contributed by atoms with E-state index in [1.54, 1.807) is 11.3 Å². The van der Waals surface area contributed by atoms with Crippen molar-refractivity contribution in [3.05, 3.63) is 21.8 Å². The van der Waals surface area contributed by atoms with Gasteiger partial charge < -0.3 is 5.73 Å². The van der Waals surface area contributed by atoms with Crippen LogP contribution in [0, 0.1) is 6.92 Å². The van der Waals surface area contributed by atoms with Crippen molar-refractivity contribution in [2.24, 2.45) is 7.05 Å². The molecule has 0 amide bonds. The smallest absolute Gasteiger partial charge is 0.202 e. The Bertz CT molecular complexity index is 750. The normalized spacial score (nSPS) is 11.6. The molecule has 3 aromatic rings. The number of imidazole rings is 1. The number of nitrogens with two attached hydrogens (primary N) is 1. The number of aryl methyl sites for hydroxylation is 3. The predicted molar refractivity (Wildman–Crippen MR) is 80.9 cm³/mol. The lowest BCUT2D eigenvalue weighted by Gasteiger charge is -2.04. The third-order valence-corrected chi connectivity index (χ3v) is 4.12. The van der Waals surface area contributed by atoms with Crippen LogP contribution in [0.4, 0.5) is 5.95 Å². The maximum Gasteiger partial charge on any atom is 0.202 e. The monoisotopic (exact) mass is 290 g/mol. The fraction of sp³-hybridized carbons (Fsp3) is 0.462. The van der Waals surface area contributed by atoms with Crippen molar-refractivity contribution < 1.29 is 0 Å². The van der Waals surface area contributed by atoms with Crippen LogP contribution in [0.3, 0.4) is 0 Å². The van der Waals surface area contributed by atoms with E-state index in [1.807, 2.05) is 23.2 Å². The largest absolute Gasteiger partial charge is 0.369 e. The topological polar surface area (TPSA) is 74.6 Å². The maximum atomic E-state index is 6.07. The molecule has 2 N–H and O–H groups in total. The molecule has 0 aliphatic rings. The lowest BCUT2D eigenvalue weighted by Crippen LogP contribution is -2.08. The number of fused-ring (bicyclic) bond motifs is 1. The maximum absolute atomic E-state index is 6.07. The van der Waals surface area contributed by atoms with Gasteiger partial charge in [0.2, 0.25) is 5.95 Å². The van der Waals surface area contributed by atoms with E-state index in [9.17, 15) is 0 Å². The highest BCUT2D eigenvalue weighted by Gasteiger charge is 2.18. The Kier molecular flexibility index (Phi) is 3.21. The van der Waals surface area contributed by atoms with Crippen molar-refractivity contribution in [1.29, 1.82) is 0 Å². The van der Waals surface area contributed by atoms with Crippen LogP contribution >= 0.6 is 11.3 Å². The van der Waals surface area contributed by atoms with Crippen molar-refractivity contribution in [3.63, 3.8) is 0 Å². The number of nitrogens with zero attached hydrogens (tertiary/aromatic N) is 5. The molecule has 0 radical (unpaired) electrons. The van der Waals surface area contributed by atoms with Crippen LogP contribution in [0.1, 0.15) is 29.7 Å². The predicted octanol–water partition coefficient (Wildman–Crippen LogP) is 2.12. The molecular weight excluding hydrogens is 272 g/mol. The lowest BCUT2D eigenvalue weighted by atomic mass is 10.2. The number of anilines is 1. The quantitative estimate of drug-likeness (QED) is 0.798. The Hall–Kier alpha value is -1.89.